The third-order valence-electron chi connectivity index (χ3n) is 2.77. The quantitative estimate of drug-likeness (QED) is 0.786. The molecule has 0 spiro atoms. The molecule has 0 aliphatic heterocycles. The summed E-state index contributed by atoms with van der Waals surface area (Å²) in [7, 11) is 1.48. The largest absolute Gasteiger partial charge is 0.504 e. The molecule has 0 saturated carbocycles. The number of rotatable bonds is 3. The van der Waals surface area contributed by atoms with E-state index in [0.29, 0.717) is 22.8 Å². The lowest BCUT2D eigenvalue weighted by Crippen LogP contribution is -1.87. The molecule has 0 atom stereocenters. The molecule has 0 fully saturated rings. The van der Waals surface area contributed by atoms with Gasteiger partial charge in [0.1, 0.15) is 5.69 Å². The van der Waals surface area contributed by atoms with Gasteiger partial charge in [-0.1, -0.05) is 17.3 Å². The summed E-state index contributed by atoms with van der Waals surface area (Å²) in [5.74, 6) is 0.885. The molecule has 0 unspecified atom stereocenters. The number of aromatic hydroxyl groups is 1. The van der Waals surface area contributed by atoms with Crippen molar-refractivity contribution in [2.24, 2.45) is 0 Å². The first kappa shape index (κ1) is 12.2. The maximum absolute atomic E-state index is 10.1. The highest BCUT2D eigenvalue weighted by atomic mass is 16.5. The minimum atomic E-state index is -0.0359. The topological polar surface area (TPSA) is 81.3 Å². The second-order valence-corrected chi connectivity index (χ2v) is 3.99. The molecule has 2 heterocycles. The Balaban J connectivity index is 2.03. The van der Waals surface area contributed by atoms with Gasteiger partial charge in [0.15, 0.2) is 11.5 Å². The van der Waals surface area contributed by atoms with Crippen LogP contribution in [0.5, 0.6) is 11.5 Å². The zero-order valence-corrected chi connectivity index (χ0v) is 10.6. The number of methoxy groups -OCH3 is 1. The van der Waals surface area contributed by atoms with Crippen molar-refractivity contribution in [1.29, 1.82) is 0 Å². The van der Waals surface area contributed by atoms with E-state index in [2.05, 4.69) is 15.1 Å². The standard InChI is InChI=1S/C14H11N3O3/c1-19-11-7-4-5-9(12(11)18)14-16-13(17-20-14)10-6-2-3-8-15-10/h2-8,18H,1H3. The monoisotopic (exact) mass is 269 g/mol. The van der Waals surface area contributed by atoms with Gasteiger partial charge in [-0.3, -0.25) is 4.98 Å². The van der Waals surface area contributed by atoms with E-state index in [9.17, 15) is 5.11 Å². The van der Waals surface area contributed by atoms with Crippen LogP contribution in [0, 0.1) is 0 Å². The highest BCUT2D eigenvalue weighted by Crippen LogP contribution is 2.36. The Hall–Kier alpha value is -2.89. The highest BCUT2D eigenvalue weighted by Gasteiger charge is 2.16. The zero-order valence-electron chi connectivity index (χ0n) is 10.6. The molecule has 0 aliphatic carbocycles. The average Bonchev–Trinajstić information content (AvgIpc) is 2.98. The van der Waals surface area contributed by atoms with E-state index >= 15 is 0 Å². The second kappa shape index (κ2) is 5.00. The van der Waals surface area contributed by atoms with Gasteiger partial charge in [0.2, 0.25) is 5.82 Å². The normalized spacial score (nSPS) is 10.4. The van der Waals surface area contributed by atoms with Crippen LogP contribution in [0.1, 0.15) is 0 Å². The summed E-state index contributed by atoms with van der Waals surface area (Å²) in [5, 5.41) is 13.9. The van der Waals surface area contributed by atoms with Crippen molar-refractivity contribution in [2.75, 3.05) is 7.11 Å². The summed E-state index contributed by atoms with van der Waals surface area (Å²) in [5.41, 5.74) is 1.02. The fourth-order valence-electron chi connectivity index (χ4n) is 1.79. The number of hydrogen-bond donors (Lipinski definition) is 1. The lowest BCUT2D eigenvalue weighted by atomic mass is 10.2. The van der Waals surface area contributed by atoms with Crippen LogP contribution in [0.3, 0.4) is 0 Å². The Morgan fingerprint density at radius 1 is 1.15 bits per heavy atom. The Labute approximate surface area is 114 Å². The third kappa shape index (κ3) is 2.07. The Kier molecular flexibility index (Phi) is 3.04. The van der Waals surface area contributed by atoms with Gasteiger partial charge in [-0.05, 0) is 24.3 Å². The summed E-state index contributed by atoms with van der Waals surface area (Å²) in [6.07, 6.45) is 1.65. The molecule has 0 aliphatic rings. The van der Waals surface area contributed by atoms with Crippen molar-refractivity contribution in [3.8, 4) is 34.5 Å². The summed E-state index contributed by atoms with van der Waals surface area (Å²) in [6, 6.07) is 10.5. The molecule has 0 radical (unpaired) electrons. The van der Waals surface area contributed by atoms with E-state index in [-0.39, 0.29) is 11.6 Å². The van der Waals surface area contributed by atoms with Gasteiger partial charge in [0, 0.05) is 6.20 Å². The molecule has 20 heavy (non-hydrogen) atoms. The van der Waals surface area contributed by atoms with E-state index in [1.807, 2.05) is 6.07 Å². The highest BCUT2D eigenvalue weighted by molar-refractivity contribution is 5.68. The third-order valence-corrected chi connectivity index (χ3v) is 2.77. The van der Waals surface area contributed by atoms with Crippen molar-refractivity contribution in [1.82, 2.24) is 15.1 Å². The molecule has 0 amide bonds. The van der Waals surface area contributed by atoms with Crippen LogP contribution in [0.2, 0.25) is 0 Å². The van der Waals surface area contributed by atoms with Gasteiger partial charge in [-0.15, -0.1) is 0 Å². The first-order valence-corrected chi connectivity index (χ1v) is 5.91. The van der Waals surface area contributed by atoms with E-state index in [0.717, 1.165) is 0 Å². The molecule has 1 aromatic carbocycles. The Morgan fingerprint density at radius 2 is 2.05 bits per heavy atom. The molecule has 0 saturated heterocycles. The SMILES string of the molecule is COc1cccc(-c2nc(-c3ccccn3)no2)c1O. The molecule has 6 heteroatoms. The molecular formula is C14H11N3O3. The Morgan fingerprint density at radius 3 is 2.80 bits per heavy atom. The fraction of sp³-hybridized carbons (Fsp3) is 0.0714. The molecular weight excluding hydrogens is 258 g/mol. The molecule has 3 aromatic rings. The molecule has 0 bridgehead atoms. The molecule has 3 rings (SSSR count). The van der Waals surface area contributed by atoms with Crippen molar-refractivity contribution >= 4 is 0 Å². The molecule has 6 nitrogen and oxygen atoms in total. The van der Waals surface area contributed by atoms with Crippen molar-refractivity contribution in [2.45, 2.75) is 0 Å². The minimum Gasteiger partial charge on any atom is -0.504 e. The number of ether oxygens (including phenoxy) is 1. The smallest absolute Gasteiger partial charge is 0.262 e. The van der Waals surface area contributed by atoms with Crippen LogP contribution in [0.25, 0.3) is 23.0 Å². The number of benzene rings is 1. The number of phenolic OH excluding ortho intramolecular Hbond substituents is 1. The van der Waals surface area contributed by atoms with Gasteiger partial charge in [-0.25, -0.2) is 0 Å². The van der Waals surface area contributed by atoms with Gasteiger partial charge in [-0.2, -0.15) is 4.98 Å². The number of aromatic nitrogens is 3. The lowest BCUT2D eigenvalue weighted by molar-refractivity contribution is 0.371. The fourth-order valence-corrected chi connectivity index (χ4v) is 1.79. The van der Waals surface area contributed by atoms with E-state index in [1.54, 1.807) is 36.5 Å². The summed E-state index contributed by atoms with van der Waals surface area (Å²) < 4.78 is 10.2. The van der Waals surface area contributed by atoms with Crippen LogP contribution >= 0.6 is 0 Å². The number of pyridine rings is 1. The summed E-state index contributed by atoms with van der Waals surface area (Å²) in [4.78, 5) is 8.37. The lowest BCUT2D eigenvalue weighted by Gasteiger charge is -2.04. The summed E-state index contributed by atoms with van der Waals surface area (Å²) >= 11 is 0. The van der Waals surface area contributed by atoms with E-state index < -0.39 is 0 Å². The minimum absolute atomic E-state index is 0.0359. The number of nitrogens with zero attached hydrogens (tertiary/aromatic N) is 3. The number of hydrogen-bond acceptors (Lipinski definition) is 6. The van der Waals surface area contributed by atoms with Crippen LogP contribution < -0.4 is 4.74 Å². The number of phenols is 1. The number of para-hydroxylation sites is 1. The predicted molar refractivity (Wildman–Crippen MR) is 71.2 cm³/mol. The van der Waals surface area contributed by atoms with Crippen molar-refractivity contribution in [3.63, 3.8) is 0 Å². The Bertz CT molecular complexity index is 726. The first-order valence-electron chi connectivity index (χ1n) is 5.91. The van der Waals surface area contributed by atoms with E-state index in [1.165, 1.54) is 7.11 Å². The van der Waals surface area contributed by atoms with Crippen molar-refractivity contribution < 1.29 is 14.4 Å². The van der Waals surface area contributed by atoms with Gasteiger partial charge in [0.05, 0.1) is 12.7 Å². The maximum Gasteiger partial charge on any atom is 0.262 e. The maximum atomic E-state index is 10.1. The summed E-state index contributed by atoms with van der Waals surface area (Å²) in [6.45, 7) is 0. The first-order chi connectivity index (χ1) is 9.79. The van der Waals surface area contributed by atoms with Crippen LogP contribution in [-0.4, -0.2) is 27.3 Å². The molecule has 1 N–H and O–H groups in total. The van der Waals surface area contributed by atoms with Gasteiger partial charge < -0.3 is 14.4 Å². The average molecular weight is 269 g/mol. The van der Waals surface area contributed by atoms with Crippen molar-refractivity contribution in [3.05, 3.63) is 42.6 Å². The van der Waals surface area contributed by atoms with Gasteiger partial charge in [0.25, 0.3) is 5.89 Å². The van der Waals surface area contributed by atoms with E-state index in [4.69, 9.17) is 9.26 Å². The predicted octanol–water partition coefficient (Wildman–Crippen LogP) is 2.51. The molecule has 100 valence electrons. The van der Waals surface area contributed by atoms with Gasteiger partial charge >= 0.3 is 0 Å². The second-order valence-electron chi connectivity index (χ2n) is 3.99. The van der Waals surface area contributed by atoms with Crippen LogP contribution in [0.15, 0.2) is 47.1 Å². The zero-order chi connectivity index (χ0) is 13.9. The van der Waals surface area contributed by atoms with Crippen LogP contribution in [0.4, 0.5) is 0 Å². The van der Waals surface area contributed by atoms with Crippen LogP contribution in [-0.2, 0) is 0 Å². The molecule has 2 aromatic heterocycles.